The molecule has 152 valence electrons. The summed E-state index contributed by atoms with van der Waals surface area (Å²) in [7, 11) is 1.65. The highest BCUT2D eigenvalue weighted by molar-refractivity contribution is 6.35. The van der Waals surface area contributed by atoms with E-state index in [4.69, 9.17) is 27.9 Å². The molecular weight excluding hydrogens is 399 g/mol. The maximum absolute atomic E-state index is 6.25. The van der Waals surface area contributed by atoms with Crippen LogP contribution in [0.1, 0.15) is 30.6 Å². The molecule has 0 bridgehead atoms. The molecule has 1 unspecified atom stereocenters. The van der Waals surface area contributed by atoms with Crippen LogP contribution in [0.5, 0.6) is 0 Å². The summed E-state index contributed by atoms with van der Waals surface area (Å²) < 4.78 is 7.09. The molecule has 0 fully saturated rings. The van der Waals surface area contributed by atoms with Gasteiger partial charge in [0.15, 0.2) is 11.8 Å². The van der Waals surface area contributed by atoms with Crippen LogP contribution in [0.2, 0.25) is 10.0 Å². The second-order valence-corrected chi connectivity index (χ2v) is 7.46. The third-order valence-corrected chi connectivity index (χ3v) is 5.26. The minimum Gasteiger partial charge on any atom is -0.377 e. The number of aliphatic imine (C=N–C) groups is 1. The number of fused-ring (bicyclic) bond motifs is 1. The fourth-order valence-electron chi connectivity index (χ4n) is 3.23. The number of hydrogen-bond acceptors (Lipinski definition) is 4. The van der Waals surface area contributed by atoms with Crippen LogP contribution in [0.3, 0.4) is 0 Å². The molecule has 1 aromatic carbocycles. The third kappa shape index (κ3) is 5.37. The van der Waals surface area contributed by atoms with Crippen LogP contribution in [0.4, 0.5) is 0 Å². The predicted molar refractivity (Wildman–Crippen MR) is 112 cm³/mol. The maximum atomic E-state index is 6.25. The summed E-state index contributed by atoms with van der Waals surface area (Å²) >= 11 is 12.5. The van der Waals surface area contributed by atoms with Crippen molar-refractivity contribution in [1.29, 1.82) is 0 Å². The van der Waals surface area contributed by atoms with Gasteiger partial charge in [0.1, 0.15) is 12.4 Å². The number of nitrogens with one attached hydrogen (secondary N) is 2. The molecule has 0 aliphatic carbocycles. The van der Waals surface area contributed by atoms with Gasteiger partial charge < -0.3 is 15.4 Å². The molecule has 9 heteroatoms. The van der Waals surface area contributed by atoms with E-state index in [0.29, 0.717) is 29.6 Å². The molecule has 3 rings (SSSR count). The number of halogens is 2. The van der Waals surface area contributed by atoms with E-state index in [-0.39, 0.29) is 6.04 Å². The van der Waals surface area contributed by atoms with Gasteiger partial charge in [-0.1, -0.05) is 29.3 Å². The van der Waals surface area contributed by atoms with Gasteiger partial charge in [0.25, 0.3) is 0 Å². The van der Waals surface area contributed by atoms with E-state index < -0.39 is 0 Å². The normalized spacial score (nSPS) is 16.7. The largest absolute Gasteiger partial charge is 0.377 e. The number of guanidine groups is 1. The van der Waals surface area contributed by atoms with Gasteiger partial charge in [-0.3, -0.25) is 4.99 Å². The smallest absolute Gasteiger partial charge is 0.191 e. The Morgan fingerprint density at radius 1 is 1.36 bits per heavy atom. The highest BCUT2D eigenvalue weighted by atomic mass is 35.5. The molecule has 0 saturated carbocycles. The van der Waals surface area contributed by atoms with Gasteiger partial charge in [-0.2, -0.15) is 5.10 Å². The summed E-state index contributed by atoms with van der Waals surface area (Å²) in [4.78, 5) is 9.21. The molecule has 7 nitrogen and oxygen atoms in total. The van der Waals surface area contributed by atoms with Gasteiger partial charge in [-0.05, 0) is 37.5 Å². The van der Waals surface area contributed by atoms with Gasteiger partial charge in [-0.15, -0.1) is 0 Å². The van der Waals surface area contributed by atoms with Gasteiger partial charge in [0, 0.05) is 42.7 Å². The number of hydrogen-bond donors (Lipinski definition) is 2. The zero-order chi connectivity index (χ0) is 19.9. The van der Waals surface area contributed by atoms with Crippen molar-refractivity contribution in [3.63, 3.8) is 0 Å². The third-order valence-electron chi connectivity index (χ3n) is 4.55. The van der Waals surface area contributed by atoms with Crippen LogP contribution in [-0.2, 0) is 30.7 Å². The number of benzene rings is 1. The first-order chi connectivity index (χ1) is 13.6. The minimum absolute atomic E-state index is 0.242. The minimum atomic E-state index is 0.242. The van der Waals surface area contributed by atoms with E-state index in [9.17, 15) is 0 Å². The number of ether oxygens (including phenoxy) is 1. The lowest BCUT2D eigenvalue weighted by Gasteiger charge is -2.25. The van der Waals surface area contributed by atoms with Crippen LogP contribution >= 0.6 is 23.2 Å². The van der Waals surface area contributed by atoms with Crippen LogP contribution in [-0.4, -0.2) is 47.0 Å². The molecule has 28 heavy (non-hydrogen) atoms. The van der Waals surface area contributed by atoms with Crippen molar-refractivity contribution in [2.45, 2.75) is 45.4 Å². The van der Waals surface area contributed by atoms with E-state index in [1.165, 1.54) is 0 Å². The Kier molecular flexibility index (Phi) is 7.53. The lowest BCUT2D eigenvalue weighted by molar-refractivity contribution is 0.177. The Balaban J connectivity index is 1.60. The SMILES string of the molecule is CCNC(=NCCc1c(Cl)cccc1Cl)NC1CCc2nc(COC)nn2C1. The van der Waals surface area contributed by atoms with Crippen molar-refractivity contribution >= 4 is 29.2 Å². The molecule has 0 radical (unpaired) electrons. The number of rotatable bonds is 7. The molecular formula is C19H26Cl2N6O. The van der Waals surface area contributed by atoms with Crippen molar-refractivity contribution in [3.8, 4) is 0 Å². The van der Waals surface area contributed by atoms with Crippen LogP contribution in [0.25, 0.3) is 0 Å². The second kappa shape index (κ2) is 10.1. The summed E-state index contributed by atoms with van der Waals surface area (Å²) in [6, 6.07) is 5.80. The highest BCUT2D eigenvalue weighted by Gasteiger charge is 2.22. The Morgan fingerprint density at radius 3 is 2.86 bits per heavy atom. The Morgan fingerprint density at radius 2 is 2.14 bits per heavy atom. The van der Waals surface area contributed by atoms with Crippen molar-refractivity contribution in [3.05, 3.63) is 45.5 Å². The van der Waals surface area contributed by atoms with Gasteiger partial charge in [0.2, 0.25) is 0 Å². The van der Waals surface area contributed by atoms with Crippen molar-refractivity contribution in [2.24, 2.45) is 4.99 Å². The molecule has 2 aromatic rings. The van der Waals surface area contributed by atoms with Crippen molar-refractivity contribution in [1.82, 2.24) is 25.4 Å². The summed E-state index contributed by atoms with van der Waals surface area (Å²) in [6.45, 7) is 4.63. The topological polar surface area (TPSA) is 76.4 Å². The van der Waals surface area contributed by atoms with Crippen LogP contribution in [0, 0.1) is 0 Å². The predicted octanol–water partition coefficient (Wildman–Crippen LogP) is 2.84. The fourth-order valence-corrected chi connectivity index (χ4v) is 3.82. The van der Waals surface area contributed by atoms with E-state index >= 15 is 0 Å². The summed E-state index contributed by atoms with van der Waals surface area (Å²) in [5.41, 5.74) is 0.932. The molecule has 0 amide bonds. The Bertz CT molecular complexity index is 803. The first kappa shape index (κ1) is 20.9. The monoisotopic (exact) mass is 424 g/mol. The first-order valence-electron chi connectivity index (χ1n) is 9.50. The summed E-state index contributed by atoms with van der Waals surface area (Å²) in [5.74, 6) is 2.53. The van der Waals surface area contributed by atoms with E-state index in [1.54, 1.807) is 7.11 Å². The zero-order valence-corrected chi connectivity index (χ0v) is 17.7. The number of nitrogens with zero attached hydrogens (tertiary/aromatic N) is 4. The first-order valence-corrected chi connectivity index (χ1v) is 10.3. The maximum Gasteiger partial charge on any atom is 0.191 e. The lowest BCUT2D eigenvalue weighted by Crippen LogP contribution is -2.47. The van der Waals surface area contributed by atoms with Crippen molar-refractivity contribution < 1.29 is 4.74 Å². The summed E-state index contributed by atoms with van der Waals surface area (Å²) in [6.07, 6.45) is 2.54. The molecule has 1 aliphatic heterocycles. The fraction of sp³-hybridized carbons (Fsp3) is 0.526. The molecule has 2 heterocycles. The average Bonchev–Trinajstić information content (AvgIpc) is 3.06. The molecule has 2 N–H and O–H groups in total. The van der Waals surface area contributed by atoms with E-state index in [0.717, 1.165) is 49.1 Å². The van der Waals surface area contributed by atoms with Gasteiger partial charge >= 0.3 is 0 Å². The number of methoxy groups -OCH3 is 1. The summed E-state index contributed by atoms with van der Waals surface area (Å²) in [5, 5.41) is 12.7. The molecule has 0 saturated heterocycles. The van der Waals surface area contributed by atoms with E-state index in [2.05, 4.69) is 32.6 Å². The molecule has 1 aromatic heterocycles. The molecule has 0 spiro atoms. The van der Waals surface area contributed by atoms with Crippen LogP contribution in [0.15, 0.2) is 23.2 Å². The Labute approximate surface area is 175 Å². The molecule has 1 aliphatic rings. The average molecular weight is 425 g/mol. The highest BCUT2D eigenvalue weighted by Crippen LogP contribution is 2.24. The lowest BCUT2D eigenvalue weighted by atomic mass is 10.1. The Hall–Kier alpha value is -1.83. The zero-order valence-electron chi connectivity index (χ0n) is 16.2. The van der Waals surface area contributed by atoms with E-state index in [1.807, 2.05) is 22.9 Å². The van der Waals surface area contributed by atoms with Crippen LogP contribution < -0.4 is 10.6 Å². The van der Waals surface area contributed by atoms with Gasteiger partial charge in [-0.25, -0.2) is 9.67 Å². The quantitative estimate of drug-likeness (QED) is 0.527. The van der Waals surface area contributed by atoms with Gasteiger partial charge in [0.05, 0.1) is 6.54 Å². The van der Waals surface area contributed by atoms with Crippen molar-refractivity contribution in [2.75, 3.05) is 20.2 Å². The standard InChI is InChI=1S/C19H26Cl2N6O/c1-3-22-19(23-10-9-14-15(20)5-4-6-16(14)21)24-13-7-8-18-25-17(12-28-2)26-27(18)11-13/h4-6,13H,3,7-12H2,1-2H3,(H2,22,23,24). The number of aryl methyl sites for hydroxylation is 1. The molecule has 1 atom stereocenters. The number of aromatic nitrogens is 3. The second-order valence-electron chi connectivity index (χ2n) is 6.65.